The zero-order valence-electron chi connectivity index (χ0n) is 11.7. The number of pyridine rings is 1. The normalized spacial score (nSPS) is 9.95. The smallest absolute Gasteiger partial charge is 0.255 e. The van der Waals surface area contributed by atoms with Crippen molar-refractivity contribution in [2.24, 2.45) is 0 Å². The minimum absolute atomic E-state index is 0.198. The Hall–Kier alpha value is -2.56. The molecular weight excluding hydrogens is 254 g/mol. The first-order chi connectivity index (χ1) is 9.63. The van der Waals surface area contributed by atoms with E-state index in [9.17, 15) is 4.79 Å². The van der Waals surface area contributed by atoms with Crippen LogP contribution in [0, 0.1) is 6.92 Å². The number of carbonyl (C=O) groups is 1. The summed E-state index contributed by atoms with van der Waals surface area (Å²) in [5, 5.41) is 5.77. The number of aryl methyl sites for hydroxylation is 1. The molecule has 104 valence electrons. The third-order valence-electron chi connectivity index (χ3n) is 2.83. The monoisotopic (exact) mass is 271 g/mol. The summed E-state index contributed by atoms with van der Waals surface area (Å²) in [6.45, 7) is 1.85. The second-order valence-corrected chi connectivity index (χ2v) is 4.29. The number of para-hydroxylation sites is 2. The van der Waals surface area contributed by atoms with E-state index >= 15 is 0 Å². The Morgan fingerprint density at radius 3 is 2.70 bits per heavy atom. The van der Waals surface area contributed by atoms with Crippen molar-refractivity contribution in [3.8, 4) is 5.75 Å². The molecule has 5 nitrogen and oxygen atoms in total. The highest BCUT2D eigenvalue weighted by atomic mass is 16.5. The van der Waals surface area contributed by atoms with E-state index in [1.54, 1.807) is 38.4 Å². The number of nitrogens with zero attached hydrogens (tertiary/aromatic N) is 1. The van der Waals surface area contributed by atoms with Crippen LogP contribution in [-0.4, -0.2) is 25.0 Å². The van der Waals surface area contributed by atoms with E-state index in [0.29, 0.717) is 22.8 Å². The van der Waals surface area contributed by atoms with Crippen LogP contribution >= 0.6 is 0 Å². The van der Waals surface area contributed by atoms with Crippen LogP contribution in [0.4, 0.5) is 11.5 Å². The van der Waals surface area contributed by atoms with E-state index in [0.717, 1.165) is 5.69 Å². The number of benzene rings is 1. The summed E-state index contributed by atoms with van der Waals surface area (Å²) in [6.07, 6.45) is 0. The molecule has 0 bridgehead atoms. The van der Waals surface area contributed by atoms with Gasteiger partial charge in [-0.05, 0) is 31.2 Å². The molecule has 0 aliphatic heterocycles. The predicted octanol–water partition coefficient (Wildman–Crippen LogP) is 2.69. The number of hydrogen-bond acceptors (Lipinski definition) is 4. The van der Waals surface area contributed by atoms with Gasteiger partial charge in [-0.25, -0.2) is 4.98 Å². The van der Waals surface area contributed by atoms with E-state index < -0.39 is 0 Å². The van der Waals surface area contributed by atoms with Gasteiger partial charge in [0.25, 0.3) is 5.91 Å². The number of carbonyl (C=O) groups excluding carboxylic acids is 1. The fourth-order valence-electron chi connectivity index (χ4n) is 1.87. The molecule has 1 aromatic heterocycles. The average Bonchev–Trinajstić information content (AvgIpc) is 2.47. The highest BCUT2D eigenvalue weighted by molar-refractivity contribution is 6.05. The molecule has 0 spiro atoms. The van der Waals surface area contributed by atoms with Crippen LogP contribution in [0.25, 0.3) is 0 Å². The molecule has 0 saturated heterocycles. The molecule has 2 aromatic rings. The summed E-state index contributed by atoms with van der Waals surface area (Å²) in [5.74, 6) is 1.09. The number of ether oxygens (including phenoxy) is 1. The van der Waals surface area contributed by atoms with Crippen molar-refractivity contribution < 1.29 is 9.53 Å². The Kier molecular flexibility index (Phi) is 4.20. The molecule has 20 heavy (non-hydrogen) atoms. The number of anilines is 2. The van der Waals surface area contributed by atoms with Gasteiger partial charge < -0.3 is 15.4 Å². The number of methoxy groups -OCH3 is 1. The van der Waals surface area contributed by atoms with Crippen LogP contribution in [-0.2, 0) is 0 Å². The maximum Gasteiger partial charge on any atom is 0.255 e. The number of hydrogen-bond donors (Lipinski definition) is 2. The van der Waals surface area contributed by atoms with Crippen LogP contribution in [0.2, 0.25) is 0 Å². The lowest BCUT2D eigenvalue weighted by Gasteiger charge is -2.11. The van der Waals surface area contributed by atoms with Crippen LogP contribution in [0.3, 0.4) is 0 Å². The van der Waals surface area contributed by atoms with Crippen molar-refractivity contribution in [1.29, 1.82) is 0 Å². The van der Waals surface area contributed by atoms with E-state index in [4.69, 9.17) is 4.74 Å². The van der Waals surface area contributed by atoms with E-state index in [2.05, 4.69) is 15.6 Å². The van der Waals surface area contributed by atoms with Gasteiger partial charge in [-0.15, -0.1) is 0 Å². The van der Waals surface area contributed by atoms with Gasteiger partial charge >= 0.3 is 0 Å². The number of aromatic nitrogens is 1. The molecule has 0 unspecified atom stereocenters. The molecule has 5 heteroatoms. The maximum absolute atomic E-state index is 12.3. The molecule has 2 rings (SSSR count). The molecule has 0 aliphatic rings. The Labute approximate surface area is 118 Å². The Morgan fingerprint density at radius 2 is 2.00 bits per heavy atom. The lowest BCUT2D eigenvalue weighted by Crippen LogP contribution is -2.13. The zero-order valence-corrected chi connectivity index (χ0v) is 11.7. The summed E-state index contributed by atoms with van der Waals surface area (Å²) in [4.78, 5) is 16.5. The summed E-state index contributed by atoms with van der Waals surface area (Å²) in [6, 6.07) is 10.7. The van der Waals surface area contributed by atoms with Gasteiger partial charge in [-0.2, -0.15) is 0 Å². The first-order valence-electron chi connectivity index (χ1n) is 6.25. The lowest BCUT2D eigenvalue weighted by molar-refractivity contribution is 0.102. The Bertz CT molecular complexity index is 626. The van der Waals surface area contributed by atoms with Crippen molar-refractivity contribution >= 4 is 17.4 Å². The van der Waals surface area contributed by atoms with E-state index in [1.807, 2.05) is 19.1 Å². The molecule has 0 saturated carbocycles. The van der Waals surface area contributed by atoms with Gasteiger partial charge in [-0.3, -0.25) is 4.79 Å². The van der Waals surface area contributed by atoms with Gasteiger partial charge in [0.2, 0.25) is 0 Å². The minimum Gasteiger partial charge on any atom is -0.495 e. The first kappa shape index (κ1) is 13.9. The fraction of sp³-hybridized carbons (Fsp3) is 0.200. The molecular formula is C15H17N3O2. The van der Waals surface area contributed by atoms with Crippen molar-refractivity contribution in [1.82, 2.24) is 4.98 Å². The maximum atomic E-state index is 12.3. The van der Waals surface area contributed by atoms with E-state index in [1.165, 1.54) is 0 Å². The minimum atomic E-state index is -0.198. The summed E-state index contributed by atoms with van der Waals surface area (Å²) < 4.78 is 5.21. The van der Waals surface area contributed by atoms with Gasteiger partial charge in [0.05, 0.1) is 12.8 Å². The zero-order chi connectivity index (χ0) is 14.5. The number of rotatable bonds is 4. The summed E-state index contributed by atoms with van der Waals surface area (Å²) >= 11 is 0. The second kappa shape index (κ2) is 6.06. The van der Waals surface area contributed by atoms with Gasteiger partial charge in [0.15, 0.2) is 0 Å². The molecule has 0 aliphatic carbocycles. The second-order valence-electron chi connectivity index (χ2n) is 4.29. The standard InChI is InChI=1S/C15H17N3O2/c1-10-8-11(9-14(16-2)17-10)15(19)18-12-6-4-5-7-13(12)20-3/h4-9H,1-3H3,(H,16,17)(H,18,19). The van der Waals surface area contributed by atoms with Crippen LogP contribution in [0.15, 0.2) is 36.4 Å². The lowest BCUT2D eigenvalue weighted by atomic mass is 10.2. The third-order valence-corrected chi connectivity index (χ3v) is 2.83. The fourth-order valence-corrected chi connectivity index (χ4v) is 1.87. The predicted molar refractivity (Wildman–Crippen MR) is 79.5 cm³/mol. The third kappa shape index (κ3) is 3.06. The molecule has 0 radical (unpaired) electrons. The molecule has 1 amide bonds. The topological polar surface area (TPSA) is 63.2 Å². The van der Waals surface area contributed by atoms with Crippen LogP contribution in [0.5, 0.6) is 5.75 Å². The van der Waals surface area contributed by atoms with Gasteiger partial charge in [0, 0.05) is 18.3 Å². The SMILES string of the molecule is CNc1cc(C(=O)Nc2ccccc2OC)cc(C)n1. The number of nitrogens with one attached hydrogen (secondary N) is 2. The summed E-state index contributed by atoms with van der Waals surface area (Å²) in [5.41, 5.74) is 1.97. The Morgan fingerprint density at radius 1 is 1.25 bits per heavy atom. The van der Waals surface area contributed by atoms with Crippen LogP contribution < -0.4 is 15.4 Å². The van der Waals surface area contributed by atoms with Crippen molar-refractivity contribution in [3.63, 3.8) is 0 Å². The Balaban J connectivity index is 2.26. The van der Waals surface area contributed by atoms with Crippen LogP contribution in [0.1, 0.15) is 16.1 Å². The molecule has 2 N–H and O–H groups in total. The highest BCUT2D eigenvalue weighted by Gasteiger charge is 2.11. The largest absolute Gasteiger partial charge is 0.495 e. The van der Waals surface area contributed by atoms with Crippen molar-refractivity contribution in [2.75, 3.05) is 24.8 Å². The number of amides is 1. The molecule has 0 atom stereocenters. The summed E-state index contributed by atoms with van der Waals surface area (Å²) in [7, 11) is 3.34. The van der Waals surface area contributed by atoms with Gasteiger partial charge in [-0.1, -0.05) is 12.1 Å². The molecule has 0 fully saturated rings. The first-order valence-corrected chi connectivity index (χ1v) is 6.25. The average molecular weight is 271 g/mol. The van der Waals surface area contributed by atoms with Crippen molar-refractivity contribution in [2.45, 2.75) is 6.92 Å². The van der Waals surface area contributed by atoms with E-state index in [-0.39, 0.29) is 5.91 Å². The highest BCUT2D eigenvalue weighted by Crippen LogP contribution is 2.24. The quantitative estimate of drug-likeness (QED) is 0.897. The van der Waals surface area contributed by atoms with Crippen molar-refractivity contribution in [3.05, 3.63) is 47.7 Å². The molecule has 1 heterocycles. The molecule has 1 aromatic carbocycles. The van der Waals surface area contributed by atoms with Gasteiger partial charge in [0.1, 0.15) is 11.6 Å².